The van der Waals surface area contributed by atoms with Crippen LogP contribution in [-0.4, -0.2) is 90.8 Å². The lowest BCUT2D eigenvalue weighted by Crippen LogP contribution is -2.57. The number of aliphatic hydroxyl groups excluding tert-OH is 3. The van der Waals surface area contributed by atoms with Crippen molar-refractivity contribution in [2.24, 2.45) is 5.92 Å². The van der Waals surface area contributed by atoms with Gasteiger partial charge in [-0.05, 0) is 59.2 Å². The number of hydrogen-bond donors (Lipinski definition) is 4. The Labute approximate surface area is 224 Å². The summed E-state index contributed by atoms with van der Waals surface area (Å²) in [6, 6.07) is 2.68. The number of aliphatic hydroxyl groups is 3. The lowest BCUT2D eigenvalue weighted by Gasteiger charge is -2.42. The SMILES string of the molecule is COCCN(C(=O)C1CCC1)[C@@H]1CC(C(=O)NCCO)=C[C@H](Oc2c(I)cc(CO)cc2OC)[C@H]1O. The molecule has 0 aliphatic heterocycles. The second kappa shape index (κ2) is 13.6. The number of halogens is 1. The summed E-state index contributed by atoms with van der Waals surface area (Å²) >= 11 is 2.06. The van der Waals surface area contributed by atoms with Crippen LogP contribution in [0.3, 0.4) is 0 Å². The maximum Gasteiger partial charge on any atom is 0.247 e. The Morgan fingerprint density at radius 2 is 1.97 bits per heavy atom. The predicted molar refractivity (Wildman–Crippen MR) is 140 cm³/mol. The molecule has 0 saturated heterocycles. The smallest absolute Gasteiger partial charge is 0.247 e. The lowest BCUT2D eigenvalue weighted by molar-refractivity contribution is -0.146. The van der Waals surface area contributed by atoms with E-state index in [9.17, 15) is 19.8 Å². The number of nitrogens with zero attached hydrogens (tertiary/aromatic N) is 1. The van der Waals surface area contributed by atoms with E-state index in [4.69, 9.17) is 19.3 Å². The summed E-state index contributed by atoms with van der Waals surface area (Å²) in [6.07, 6.45) is 2.21. The quantitative estimate of drug-likeness (QED) is 0.255. The molecule has 2 aliphatic carbocycles. The molecule has 2 aliphatic rings. The zero-order valence-electron chi connectivity index (χ0n) is 20.6. The van der Waals surface area contributed by atoms with Crippen LogP contribution in [0.25, 0.3) is 0 Å². The second-order valence-electron chi connectivity index (χ2n) is 8.94. The van der Waals surface area contributed by atoms with E-state index < -0.39 is 24.2 Å². The number of ether oxygens (including phenoxy) is 3. The Hall–Kier alpha value is -1.93. The van der Waals surface area contributed by atoms with Gasteiger partial charge >= 0.3 is 0 Å². The fraction of sp³-hybridized carbons (Fsp3) is 0.600. The molecule has 3 atom stereocenters. The normalized spacial score (nSPS) is 21.8. The highest BCUT2D eigenvalue weighted by Crippen LogP contribution is 2.38. The van der Waals surface area contributed by atoms with Gasteiger partial charge in [-0.3, -0.25) is 9.59 Å². The molecule has 0 unspecified atom stereocenters. The topological polar surface area (TPSA) is 138 Å². The van der Waals surface area contributed by atoms with Gasteiger partial charge in [0.1, 0.15) is 12.2 Å². The standard InChI is InChI=1S/C25H35IN2O8/c1-34-9-7-28(25(33)16-4-3-5-16)19-12-17(24(32)27-6-8-29)13-20(22(19)31)36-23-18(26)10-15(14-30)11-21(23)35-2/h10-11,13,16,19-20,22,29-31H,3-9,12,14H2,1-2H3,(H,27,32)/t19-,20+,22+/m1/s1. The van der Waals surface area contributed by atoms with Crippen LogP contribution in [0.2, 0.25) is 0 Å². The molecule has 1 saturated carbocycles. The van der Waals surface area contributed by atoms with Crippen LogP contribution in [0.1, 0.15) is 31.2 Å². The molecule has 0 radical (unpaired) electrons. The highest BCUT2D eigenvalue weighted by atomic mass is 127. The Morgan fingerprint density at radius 3 is 2.56 bits per heavy atom. The van der Waals surface area contributed by atoms with E-state index >= 15 is 0 Å². The number of amides is 2. The van der Waals surface area contributed by atoms with Crippen molar-refractivity contribution in [3.63, 3.8) is 0 Å². The minimum atomic E-state index is -1.13. The van der Waals surface area contributed by atoms with Crippen LogP contribution < -0.4 is 14.8 Å². The molecule has 4 N–H and O–H groups in total. The number of rotatable bonds is 12. The monoisotopic (exact) mass is 618 g/mol. The Bertz CT molecular complexity index is 952. The maximum atomic E-state index is 13.3. The molecule has 0 heterocycles. The molecule has 0 spiro atoms. The molecule has 1 aromatic rings. The maximum absolute atomic E-state index is 13.3. The summed E-state index contributed by atoms with van der Waals surface area (Å²) in [5, 5.41) is 32.8. The number of carbonyl (C=O) groups is 2. The third kappa shape index (κ3) is 6.68. The third-order valence-corrected chi connectivity index (χ3v) is 7.42. The largest absolute Gasteiger partial charge is 0.493 e. The van der Waals surface area contributed by atoms with Gasteiger partial charge in [0, 0.05) is 38.1 Å². The third-order valence-electron chi connectivity index (χ3n) is 6.61. The van der Waals surface area contributed by atoms with Crippen molar-refractivity contribution in [2.45, 2.75) is 50.5 Å². The molecule has 36 heavy (non-hydrogen) atoms. The molecule has 200 valence electrons. The van der Waals surface area contributed by atoms with Crippen molar-refractivity contribution >= 4 is 34.4 Å². The van der Waals surface area contributed by atoms with Crippen LogP contribution in [0, 0.1) is 9.49 Å². The Balaban J connectivity index is 1.97. The number of methoxy groups -OCH3 is 2. The van der Waals surface area contributed by atoms with Crippen molar-refractivity contribution in [3.05, 3.63) is 32.9 Å². The highest BCUT2D eigenvalue weighted by molar-refractivity contribution is 14.1. The van der Waals surface area contributed by atoms with Crippen molar-refractivity contribution in [3.8, 4) is 11.5 Å². The fourth-order valence-corrected chi connectivity index (χ4v) is 5.21. The fourth-order valence-electron chi connectivity index (χ4n) is 4.41. The number of benzene rings is 1. The molecule has 3 rings (SSSR count). The number of nitrogens with one attached hydrogen (secondary N) is 1. The minimum absolute atomic E-state index is 0.0578. The molecule has 2 amide bonds. The second-order valence-corrected chi connectivity index (χ2v) is 10.1. The average Bonchev–Trinajstić information content (AvgIpc) is 2.84. The van der Waals surface area contributed by atoms with Crippen molar-refractivity contribution in [1.82, 2.24) is 10.2 Å². The van der Waals surface area contributed by atoms with Crippen LogP contribution >= 0.6 is 22.6 Å². The first-order chi connectivity index (χ1) is 17.3. The first-order valence-corrected chi connectivity index (χ1v) is 13.1. The summed E-state index contributed by atoms with van der Waals surface area (Å²) < 4.78 is 17.6. The van der Waals surface area contributed by atoms with Crippen LogP contribution in [0.15, 0.2) is 23.8 Å². The van der Waals surface area contributed by atoms with Crippen molar-refractivity contribution in [1.29, 1.82) is 0 Å². The Kier molecular flexibility index (Phi) is 10.8. The van der Waals surface area contributed by atoms with Crippen molar-refractivity contribution < 1.29 is 39.1 Å². The summed E-state index contributed by atoms with van der Waals surface area (Å²) in [5.74, 6) is 0.187. The molecule has 0 bridgehead atoms. The lowest BCUT2D eigenvalue weighted by atomic mass is 9.82. The molecule has 1 aromatic carbocycles. The zero-order valence-corrected chi connectivity index (χ0v) is 22.8. The van der Waals surface area contributed by atoms with Gasteiger partial charge in [-0.1, -0.05) is 6.42 Å². The molecular formula is C25H35IN2O8. The van der Waals surface area contributed by atoms with E-state index in [0.717, 1.165) is 19.3 Å². The van der Waals surface area contributed by atoms with E-state index in [1.165, 1.54) is 7.11 Å². The summed E-state index contributed by atoms with van der Waals surface area (Å²) in [5.41, 5.74) is 0.996. The van der Waals surface area contributed by atoms with E-state index in [0.29, 0.717) is 26.2 Å². The highest BCUT2D eigenvalue weighted by Gasteiger charge is 2.42. The van der Waals surface area contributed by atoms with Gasteiger partial charge in [0.2, 0.25) is 11.8 Å². The number of hydrogen-bond acceptors (Lipinski definition) is 8. The molecule has 11 heteroatoms. The van der Waals surface area contributed by atoms with Crippen molar-refractivity contribution in [2.75, 3.05) is 40.5 Å². The van der Waals surface area contributed by atoms with Gasteiger partial charge in [0.15, 0.2) is 11.5 Å². The first-order valence-electron chi connectivity index (χ1n) is 12.1. The molecule has 1 fully saturated rings. The first kappa shape index (κ1) is 28.6. The van der Waals surface area contributed by atoms with Gasteiger partial charge < -0.3 is 39.7 Å². The molecule has 0 aromatic heterocycles. The van der Waals surface area contributed by atoms with Crippen LogP contribution in [-0.2, 0) is 20.9 Å². The van der Waals surface area contributed by atoms with Crippen LogP contribution in [0.5, 0.6) is 11.5 Å². The summed E-state index contributed by atoms with van der Waals surface area (Å²) in [6.45, 7) is 0.262. The molecular weight excluding hydrogens is 583 g/mol. The zero-order chi connectivity index (χ0) is 26.2. The van der Waals surface area contributed by atoms with E-state index in [1.54, 1.807) is 30.2 Å². The number of carbonyl (C=O) groups excluding carboxylic acids is 2. The van der Waals surface area contributed by atoms with Gasteiger partial charge in [-0.15, -0.1) is 0 Å². The average molecular weight is 618 g/mol. The summed E-state index contributed by atoms with van der Waals surface area (Å²) in [4.78, 5) is 27.8. The van der Waals surface area contributed by atoms with Gasteiger partial charge in [0.25, 0.3) is 0 Å². The van der Waals surface area contributed by atoms with E-state index in [2.05, 4.69) is 27.9 Å². The van der Waals surface area contributed by atoms with E-state index in [1.807, 2.05) is 0 Å². The van der Waals surface area contributed by atoms with Crippen LogP contribution in [0.4, 0.5) is 0 Å². The minimum Gasteiger partial charge on any atom is -0.493 e. The Morgan fingerprint density at radius 1 is 1.22 bits per heavy atom. The molecule has 10 nitrogen and oxygen atoms in total. The summed E-state index contributed by atoms with van der Waals surface area (Å²) in [7, 11) is 3.03. The van der Waals surface area contributed by atoms with Gasteiger partial charge in [0.05, 0.1) is 36.5 Å². The van der Waals surface area contributed by atoms with E-state index in [-0.39, 0.29) is 51.2 Å². The predicted octanol–water partition coefficient (Wildman–Crippen LogP) is 0.983. The van der Waals surface area contributed by atoms with Gasteiger partial charge in [-0.2, -0.15) is 0 Å². The van der Waals surface area contributed by atoms with Gasteiger partial charge in [-0.25, -0.2) is 0 Å².